The summed E-state index contributed by atoms with van der Waals surface area (Å²) in [4.78, 5) is 38.0. The number of likely N-dealkylation sites (N-methyl/N-ethyl adjacent to an activating group) is 1. The van der Waals surface area contributed by atoms with Gasteiger partial charge in [-0.3, -0.25) is 14.4 Å². The molecule has 0 radical (unpaired) electrons. The zero-order chi connectivity index (χ0) is 16.7. The molecule has 1 heterocycles. The molecular formula is C13H17BrN2O5S. The summed E-state index contributed by atoms with van der Waals surface area (Å²) in [6.45, 7) is -0.219. The molecule has 0 atom stereocenters. The minimum absolute atomic E-state index is 0.161. The van der Waals surface area contributed by atoms with E-state index in [0.717, 1.165) is 8.69 Å². The lowest BCUT2D eigenvalue weighted by molar-refractivity contribution is -0.145. The zero-order valence-corrected chi connectivity index (χ0v) is 14.6. The summed E-state index contributed by atoms with van der Waals surface area (Å²) in [5, 5.41) is 8.84. The van der Waals surface area contributed by atoms with Gasteiger partial charge in [0.2, 0.25) is 5.91 Å². The van der Waals surface area contributed by atoms with E-state index in [1.807, 2.05) is 0 Å². The van der Waals surface area contributed by atoms with Gasteiger partial charge >= 0.3 is 5.97 Å². The van der Waals surface area contributed by atoms with Gasteiger partial charge < -0.3 is 19.6 Å². The number of amides is 2. The van der Waals surface area contributed by atoms with E-state index in [2.05, 4.69) is 15.9 Å². The van der Waals surface area contributed by atoms with E-state index in [1.54, 1.807) is 12.1 Å². The van der Waals surface area contributed by atoms with Gasteiger partial charge in [0.15, 0.2) is 0 Å². The first-order chi connectivity index (χ1) is 10.3. The first kappa shape index (κ1) is 18.6. The highest BCUT2D eigenvalue weighted by Crippen LogP contribution is 2.23. The number of halogens is 1. The van der Waals surface area contributed by atoms with Crippen LogP contribution in [0, 0.1) is 0 Å². The maximum atomic E-state index is 12.2. The first-order valence-corrected chi connectivity index (χ1v) is 7.95. The highest BCUT2D eigenvalue weighted by Gasteiger charge is 2.21. The number of carboxylic acid groups (broad SMARTS) is 1. The summed E-state index contributed by atoms with van der Waals surface area (Å²) in [7, 11) is 2.97. The monoisotopic (exact) mass is 392 g/mol. The molecule has 122 valence electrons. The van der Waals surface area contributed by atoms with Crippen LogP contribution in [0.3, 0.4) is 0 Å². The second-order valence-corrected chi connectivity index (χ2v) is 6.93. The summed E-state index contributed by atoms with van der Waals surface area (Å²) < 4.78 is 5.68. The number of thiophene rings is 1. The molecule has 0 aliphatic rings. The van der Waals surface area contributed by atoms with Crippen LogP contribution in [0.5, 0.6) is 0 Å². The molecule has 0 saturated carbocycles. The van der Waals surface area contributed by atoms with Crippen LogP contribution >= 0.6 is 27.3 Å². The lowest BCUT2D eigenvalue weighted by Crippen LogP contribution is -2.44. The predicted octanol–water partition coefficient (Wildman–Crippen LogP) is 1.14. The maximum Gasteiger partial charge on any atom is 0.323 e. The van der Waals surface area contributed by atoms with Crippen molar-refractivity contribution in [3.05, 3.63) is 20.8 Å². The molecule has 1 rings (SSSR count). The normalized spacial score (nSPS) is 10.3. The van der Waals surface area contributed by atoms with E-state index in [-0.39, 0.29) is 25.6 Å². The van der Waals surface area contributed by atoms with Crippen LogP contribution in [0.25, 0.3) is 0 Å². The molecule has 0 aliphatic carbocycles. The van der Waals surface area contributed by atoms with Crippen molar-refractivity contribution >= 4 is 45.1 Å². The molecule has 7 nitrogen and oxygen atoms in total. The molecule has 0 fully saturated rings. The number of carbonyl (C=O) groups is 3. The molecule has 0 aliphatic heterocycles. The molecule has 0 saturated heterocycles. The van der Waals surface area contributed by atoms with Crippen molar-refractivity contribution in [1.29, 1.82) is 0 Å². The van der Waals surface area contributed by atoms with Gasteiger partial charge in [0.25, 0.3) is 5.91 Å². The molecule has 0 aromatic carbocycles. The van der Waals surface area contributed by atoms with Gasteiger partial charge in [-0.2, -0.15) is 0 Å². The quantitative estimate of drug-likeness (QED) is 0.716. The number of rotatable bonds is 8. The van der Waals surface area contributed by atoms with Crippen LogP contribution in [0.4, 0.5) is 0 Å². The number of hydrogen-bond acceptors (Lipinski definition) is 5. The summed E-state index contributed by atoms with van der Waals surface area (Å²) >= 11 is 4.54. The van der Waals surface area contributed by atoms with Crippen molar-refractivity contribution in [2.24, 2.45) is 0 Å². The van der Waals surface area contributed by atoms with E-state index in [1.165, 1.54) is 30.4 Å². The molecule has 0 spiro atoms. The van der Waals surface area contributed by atoms with Gasteiger partial charge in [0.1, 0.15) is 6.54 Å². The lowest BCUT2D eigenvalue weighted by Gasteiger charge is -2.23. The van der Waals surface area contributed by atoms with Gasteiger partial charge in [-0.1, -0.05) is 0 Å². The molecule has 1 aromatic rings. The number of hydrogen-bond donors (Lipinski definition) is 1. The molecule has 2 amide bonds. The van der Waals surface area contributed by atoms with Gasteiger partial charge in [-0.25, -0.2) is 0 Å². The highest BCUT2D eigenvalue weighted by atomic mass is 79.9. The van der Waals surface area contributed by atoms with Crippen molar-refractivity contribution in [3.63, 3.8) is 0 Å². The van der Waals surface area contributed by atoms with Crippen LogP contribution in [0.1, 0.15) is 9.67 Å². The number of carbonyl (C=O) groups excluding carboxylic acids is 2. The fourth-order valence-corrected chi connectivity index (χ4v) is 3.03. The van der Waals surface area contributed by atoms with Crippen molar-refractivity contribution in [1.82, 2.24) is 9.80 Å². The number of carboxylic acids is 1. The SMILES string of the molecule is COCCN(CC(=O)O)C(=O)CN(C)C(=O)c1ccc(Br)s1. The maximum absolute atomic E-state index is 12.2. The molecule has 0 bridgehead atoms. The topological polar surface area (TPSA) is 87.2 Å². The third-order valence-electron chi connectivity index (χ3n) is 2.75. The standard InChI is InChI=1S/C13H17BrN2O5S/c1-15(13(20)9-3-4-10(14)22-9)7-11(17)16(5-6-21-2)8-12(18)19/h3-4H,5-8H2,1-2H3,(H,18,19). The number of nitrogens with zero attached hydrogens (tertiary/aromatic N) is 2. The Bertz CT molecular complexity index is 548. The predicted molar refractivity (Wildman–Crippen MR) is 85.1 cm³/mol. The molecule has 1 N–H and O–H groups in total. The lowest BCUT2D eigenvalue weighted by atomic mass is 10.3. The third-order valence-corrected chi connectivity index (χ3v) is 4.36. The molecular weight excluding hydrogens is 376 g/mol. The first-order valence-electron chi connectivity index (χ1n) is 6.34. The molecule has 0 unspecified atom stereocenters. The fourth-order valence-electron chi connectivity index (χ4n) is 1.65. The Labute approximate surface area is 140 Å². The van der Waals surface area contributed by atoms with E-state index < -0.39 is 18.4 Å². The van der Waals surface area contributed by atoms with E-state index in [9.17, 15) is 14.4 Å². The van der Waals surface area contributed by atoms with E-state index in [4.69, 9.17) is 9.84 Å². The van der Waals surface area contributed by atoms with Crippen LogP contribution in [-0.2, 0) is 14.3 Å². The summed E-state index contributed by atoms with van der Waals surface area (Å²) in [6, 6.07) is 3.42. The average molecular weight is 393 g/mol. The fraction of sp³-hybridized carbons (Fsp3) is 0.462. The minimum atomic E-state index is -1.11. The van der Waals surface area contributed by atoms with E-state index >= 15 is 0 Å². The highest BCUT2D eigenvalue weighted by molar-refractivity contribution is 9.11. The van der Waals surface area contributed by atoms with Crippen LogP contribution < -0.4 is 0 Å². The molecule has 1 aromatic heterocycles. The second-order valence-electron chi connectivity index (χ2n) is 4.47. The van der Waals surface area contributed by atoms with E-state index in [0.29, 0.717) is 4.88 Å². The third kappa shape index (κ3) is 5.74. The van der Waals surface area contributed by atoms with Crippen molar-refractivity contribution in [2.45, 2.75) is 0 Å². The van der Waals surface area contributed by atoms with Crippen LogP contribution in [-0.4, -0.2) is 73.1 Å². The molecule has 9 heteroatoms. The zero-order valence-electron chi connectivity index (χ0n) is 12.2. The number of ether oxygens (including phenoxy) is 1. The number of methoxy groups -OCH3 is 1. The Balaban J connectivity index is 2.66. The van der Waals surface area contributed by atoms with Gasteiger partial charge in [0, 0.05) is 20.7 Å². The Morgan fingerprint density at radius 2 is 2.00 bits per heavy atom. The summed E-state index contributed by atoms with van der Waals surface area (Å²) in [6.07, 6.45) is 0. The molecule has 22 heavy (non-hydrogen) atoms. The largest absolute Gasteiger partial charge is 0.480 e. The summed E-state index contributed by atoms with van der Waals surface area (Å²) in [5.41, 5.74) is 0. The summed E-state index contributed by atoms with van der Waals surface area (Å²) in [5.74, 6) is -1.84. The van der Waals surface area contributed by atoms with Crippen LogP contribution in [0.2, 0.25) is 0 Å². The minimum Gasteiger partial charge on any atom is -0.480 e. The average Bonchev–Trinajstić information content (AvgIpc) is 2.88. The van der Waals surface area contributed by atoms with Crippen LogP contribution in [0.15, 0.2) is 15.9 Å². The van der Waals surface area contributed by atoms with Crippen molar-refractivity contribution in [3.8, 4) is 0 Å². The van der Waals surface area contributed by atoms with Gasteiger partial charge in [-0.15, -0.1) is 11.3 Å². The second kappa shape index (κ2) is 8.86. The van der Waals surface area contributed by atoms with Gasteiger partial charge in [-0.05, 0) is 28.1 Å². The Morgan fingerprint density at radius 1 is 1.32 bits per heavy atom. The smallest absolute Gasteiger partial charge is 0.323 e. The Hall–Kier alpha value is -1.45. The Kier molecular flexibility index (Phi) is 7.49. The number of aliphatic carboxylic acids is 1. The van der Waals surface area contributed by atoms with Gasteiger partial charge in [0.05, 0.1) is 21.8 Å². The Morgan fingerprint density at radius 3 is 2.50 bits per heavy atom. The van der Waals surface area contributed by atoms with Crippen molar-refractivity contribution < 1.29 is 24.2 Å². The van der Waals surface area contributed by atoms with Crippen molar-refractivity contribution in [2.75, 3.05) is 40.4 Å².